The molecule has 1 aromatic carbocycles. The molecule has 0 saturated carbocycles. The van der Waals surface area contributed by atoms with Gasteiger partial charge in [0.05, 0.1) is 5.56 Å². The van der Waals surface area contributed by atoms with Gasteiger partial charge in [-0.2, -0.15) is 13.2 Å². The molecule has 0 N–H and O–H groups in total. The summed E-state index contributed by atoms with van der Waals surface area (Å²) < 4.78 is 38.8. The van der Waals surface area contributed by atoms with Crippen molar-refractivity contribution in [3.63, 3.8) is 0 Å². The van der Waals surface area contributed by atoms with Crippen LogP contribution in [0.5, 0.6) is 0 Å². The first-order valence-electron chi connectivity index (χ1n) is 3.04. The van der Waals surface area contributed by atoms with E-state index < -0.39 is 11.7 Å². The van der Waals surface area contributed by atoms with Gasteiger partial charge in [-0.3, -0.25) is 0 Å². The standard InChI is InChI=1S/C7H2F3I3/c8-7(9,10)3-1-2-4(11)6(13)5(3)12/h1-2H. The zero-order chi connectivity index (χ0) is 10.2. The maximum atomic E-state index is 12.3. The summed E-state index contributed by atoms with van der Waals surface area (Å²) in [5, 5.41) is 0. The lowest BCUT2D eigenvalue weighted by atomic mass is 10.2. The molecular formula is C7H2F3I3. The predicted molar refractivity (Wildman–Crippen MR) is 69.6 cm³/mol. The number of rotatable bonds is 0. The average Bonchev–Trinajstić information content (AvgIpc) is 1.98. The molecule has 0 spiro atoms. The molecule has 0 atom stereocenters. The van der Waals surface area contributed by atoms with Crippen molar-refractivity contribution < 1.29 is 13.2 Å². The Morgan fingerprint density at radius 2 is 1.46 bits per heavy atom. The zero-order valence-corrected chi connectivity index (χ0v) is 12.4. The fourth-order valence-corrected chi connectivity index (χ4v) is 2.96. The molecule has 0 fully saturated rings. The average molecular weight is 524 g/mol. The van der Waals surface area contributed by atoms with Crippen molar-refractivity contribution in [2.45, 2.75) is 6.18 Å². The number of alkyl halides is 3. The van der Waals surface area contributed by atoms with Crippen LogP contribution in [0.15, 0.2) is 12.1 Å². The largest absolute Gasteiger partial charge is 0.417 e. The minimum Gasteiger partial charge on any atom is -0.166 e. The van der Waals surface area contributed by atoms with Gasteiger partial charge in [0.2, 0.25) is 0 Å². The van der Waals surface area contributed by atoms with Crippen LogP contribution in [0, 0.1) is 10.7 Å². The van der Waals surface area contributed by atoms with Gasteiger partial charge in [-0.25, -0.2) is 0 Å². The normalized spacial score (nSPS) is 11.8. The van der Waals surface area contributed by atoms with E-state index in [2.05, 4.69) is 0 Å². The number of halogens is 6. The summed E-state index contributed by atoms with van der Waals surface area (Å²) in [6.45, 7) is 0. The van der Waals surface area contributed by atoms with Gasteiger partial charge in [0.25, 0.3) is 0 Å². The minimum atomic E-state index is -4.25. The summed E-state index contributed by atoms with van der Waals surface area (Å²) in [7, 11) is 0. The van der Waals surface area contributed by atoms with Gasteiger partial charge >= 0.3 is 6.18 Å². The van der Waals surface area contributed by atoms with E-state index in [1.807, 2.05) is 45.2 Å². The van der Waals surface area contributed by atoms with Crippen molar-refractivity contribution in [1.82, 2.24) is 0 Å². The van der Waals surface area contributed by atoms with Crippen LogP contribution >= 0.6 is 67.8 Å². The molecule has 72 valence electrons. The summed E-state index contributed by atoms with van der Waals surface area (Å²) in [6.07, 6.45) is -4.25. The van der Waals surface area contributed by atoms with Crippen LogP contribution in [0.2, 0.25) is 0 Å². The first kappa shape index (κ1) is 12.3. The van der Waals surface area contributed by atoms with E-state index >= 15 is 0 Å². The number of hydrogen-bond acceptors (Lipinski definition) is 0. The van der Waals surface area contributed by atoms with E-state index in [9.17, 15) is 13.2 Å². The Bertz CT molecular complexity index is 332. The molecule has 1 aromatic rings. The molecule has 0 bridgehead atoms. The summed E-state index contributed by atoms with van der Waals surface area (Å²) in [6, 6.07) is 2.60. The topological polar surface area (TPSA) is 0 Å². The van der Waals surface area contributed by atoms with Crippen molar-refractivity contribution in [3.8, 4) is 0 Å². The second-order valence-corrected chi connectivity index (χ2v) is 5.54. The fraction of sp³-hybridized carbons (Fsp3) is 0.143. The molecule has 0 saturated heterocycles. The second kappa shape index (κ2) is 4.37. The highest BCUT2D eigenvalue weighted by atomic mass is 127. The molecule has 0 heterocycles. The third-order valence-corrected chi connectivity index (χ3v) is 6.54. The minimum absolute atomic E-state index is 0.276. The first-order chi connectivity index (χ1) is 5.84. The first-order valence-corrected chi connectivity index (χ1v) is 6.28. The Hall–Kier alpha value is 1.20. The van der Waals surface area contributed by atoms with E-state index in [1.54, 1.807) is 22.6 Å². The summed E-state index contributed by atoms with van der Waals surface area (Å²) in [5.41, 5.74) is -0.557. The molecule has 6 heteroatoms. The van der Waals surface area contributed by atoms with E-state index in [0.29, 0.717) is 3.57 Å². The fourth-order valence-electron chi connectivity index (χ4n) is 0.745. The quantitative estimate of drug-likeness (QED) is 0.347. The lowest BCUT2D eigenvalue weighted by Crippen LogP contribution is -2.09. The van der Waals surface area contributed by atoms with Gasteiger partial charge in [-0.05, 0) is 79.9 Å². The van der Waals surface area contributed by atoms with Crippen molar-refractivity contribution in [2.75, 3.05) is 0 Å². The van der Waals surface area contributed by atoms with Gasteiger partial charge in [-0.15, -0.1) is 0 Å². The Kier molecular flexibility index (Phi) is 4.13. The van der Waals surface area contributed by atoms with Gasteiger partial charge in [-0.1, -0.05) is 0 Å². The highest BCUT2D eigenvalue weighted by Gasteiger charge is 2.33. The third-order valence-electron chi connectivity index (χ3n) is 1.34. The van der Waals surface area contributed by atoms with Crippen LogP contribution in [0.1, 0.15) is 5.56 Å². The van der Waals surface area contributed by atoms with Crippen LogP contribution in [0.4, 0.5) is 13.2 Å². The molecule has 0 nitrogen and oxygen atoms in total. The highest BCUT2D eigenvalue weighted by molar-refractivity contribution is 14.1. The van der Waals surface area contributed by atoms with Crippen LogP contribution in [0.3, 0.4) is 0 Å². The number of hydrogen-bond donors (Lipinski definition) is 0. The molecule has 0 unspecified atom stereocenters. The lowest BCUT2D eigenvalue weighted by Gasteiger charge is -2.10. The van der Waals surface area contributed by atoms with Crippen LogP contribution in [-0.2, 0) is 6.18 Å². The summed E-state index contributed by atoms with van der Waals surface area (Å²) in [4.78, 5) is 0. The molecule has 13 heavy (non-hydrogen) atoms. The molecule has 0 aromatic heterocycles. The summed E-state index contributed by atoms with van der Waals surface area (Å²) in [5.74, 6) is 0. The lowest BCUT2D eigenvalue weighted by molar-refractivity contribution is -0.138. The van der Waals surface area contributed by atoms with E-state index in [-0.39, 0.29) is 3.57 Å². The monoisotopic (exact) mass is 524 g/mol. The molecule has 0 aliphatic heterocycles. The van der Waals surface area contributed by atoms with Gasteiger partial charge in [0, 0.05) is 10.7 Å². The van der Waals surface area contributed by atoms with E-state index in [4.69, 9.17) is 0 Å². The Balaban J connectivity index is 3.35. The van der Waals surface area contributed by atoms with Crippen LogP contribution < -0.4 is 0 Å². The molecule has 0 aliphatic carbocycles. The van der Waals surface area contributed by atoms with Gasteiger partial charge in [0.15, 0.2) is 0 Å². The van der Waals surface area contributed by atoms with Crippen molar-refractivity contribution in [1.29, 1.82) is 0 Å². The number of benzene rings is 1. The van der Waals surface area contributed by atoms with Crippen molar-refractivity contribution >= 4 is 67.8 Å². The van der Waals surface area contributed by atoms with Crippen LogP contribution in [-0.4, -0.2) is 0 Å². The zero-order valence-electron chi connectivity index (χ0n) is 5.92. The van der Waals surface area contributed by atoms with E-state index in [1.165, 1.54) is 6.07 Å². The molecule has 0 amide bonds. The second-order valence-electron chi connectivity index (χ2n) is 2.22. The van der Waals surface area contributed by atoms with E-state index in [0.717, 1.165) is 9.64 Å². The third kappa shape index (κ3) is 2.83. The highest BCUT2D eigenvalue weighted by Crippen LogP contribution is 2.35. The smallest absolute Gasteiger partial charge is 0.166 e. The Labute approximate surface area is 114 Å². The predicted octanol–water partition coefficient (Wildman–Crippen LogP) is 4.52. The maximum absolute atomic E-state index is 12.3. The molecule has 0 radical (unpaired) electrons. The maximum Gasteiger partial charge on any atom is 0.417 e. The molecule has 1 rings (SSSR count). The Morgan fingerprint density at radius 3 is 1.92 bits per heavy atom. The molecule has 0 aliphatic rings. The Morgan fingerprint density at radius 1 is 0.923 bits per heavy atom. The van der Waals surface area contributed by atoms with Crippen LogP contribution in [0.25, 0.3) is 0 Å². The van der Waals surface area contributed by atoms with Crippen molar-refractivity contribution in [3.05, 3.63) is 28.4 Å². The summed E-state index contributed by atoms with van der Waals surface area (Å²) >= 11 is 5.66. The van der Waals surface area contributed by atoms with Gasteiger partial charge < -0.3 is 0 Å². The SMILES string of the molecule is FC(F)(F)c1ccc(I)c(I)c1I. The molecular weight excluding hydrogens is 522 g/mol. The van der Waals surface area contributed by atoms with Gasteiger partial charge in [0.1, 0.15) is 0 Å². The van der Waals surface area contributed by atoms with Crippen molar-refractivity contribution in [2.24, 2.45) is 0 Å².